The number of hydrogen-bond donors (Lipinski definition) is 2. The van der Waals surface area contributed by atoms with Gasteiger partial charge >= 0.3 is 0 Å². The molecule has 2 N–H and O–H groups in total. The monoisotopic (exact) mass is 448 g/mol. The zero-order chi connectivity index (χ0) is 22.8. The van der Waals surface area contributed by atoms with Gasteiger partial charge in [-0.3, -0.25) is 0 Å². The molecule has 6 rings (SSSR count). The van der Waals surface area contributed by atoms with E-state index in [9.17, 15) is 10.2 Å². The maximum atomic E-state index is 12.4. The first kappa shape index (κ1) is 20.2. The van der Waals surface area contributed by atoms with Crippen molar-refractivity contribution in [1.82, 2.24) is 0 Å². The highest BCUT2D eigenvalue weighted by Crippen LogP contribution is 2.68. The smallest absolute Gasteiger partial charge is 0.231 e. The van der Waals surface area contributed by atoms with E-state index in [-0.39, 0.29) is 12.7 Å². The summed E-state index contributed by atoms with van der Waals surface area (Å²) in [6, 6.07) is 18.7. The molecule has 3 aromatic rings. The molecule has 0 amide bonds. The molecule has 4 atom stereocenters. The molecule has 0 spiro atoms. The Balaban J connectivity index is 1.65. The summed E-state index contributed by atoms with van der Waals surface area (Å²) in [7, 11) is 3.08. The van der Waals surface area contributed by atoms with E-state index in [2.05, 4.69) is 0 Å². The molecule has 3 aromatic carbocycles. The summed E-state index contributed by atoms with van der Waals surface area (Å²) in [6.45, 7) is 0.132. The van der Waals surface area contributed by atoms with Crippen molar-refractivity contribution >= 4 is 0 Å². The number of aliphatic hydroxyl groups is 2. The standard InChI is InChI=1S/C26H24O7/c1-29-17-11-21(30-2)24-22(12-17)33-26(16-8-9-19-20(10-16)32-14-31-19)18(13-23(27)25(24,26)28)15-6-4-3-5-7-15/h3-12,18,23,27-28H,13-14H2,1-2H3/t18-,23+,25+,26-/m0/s1. The summed E-state index contributed by atoms with van der Waals surface area (Å²) in [5.41, 5.74) is -1.08. The van der Waals surface area contributed by atoms with Crippen LogP contribution in [0.2, 0.25) is 0 Å². The normalized spacial score (nSPS) is 28.7. The first-order valence-corrected chi connectivity index (χ1v) is 10.8. The molecule has 3 aliphatic rings. The third kappa shape index (κ3) is 2.52. The third-order valence-corrected chi connectivity index (χ3v) is 7.15. The molecule has 0 saturated heterocycles. The summed E-state index contributed by atoms with van der Waals surface area (Å²) in [5, 5.41) is 23.9. The fraction of sp³-hybridized carbons (Fsp3) is 0.308. The Bertz CT molecular complexity index is 1230. The largest absolute Gasteiger partial charge is 0.496 e. The molecule has 33 heavy (non-hydrogen) atoms. The second-order valence-corrected chi connectivity index (χ2v) is 8.59. The number of methoxy groups -OCH3 is 2. The van der Waals surface area contributed by atoms with Gasteiger partial charge in [-0.1, -0.05) is 36.4 Å². The highest BCUT2D eigenvalue weighted by atomic mass is 16.7. The van der Waals surface area contributed by atoms with Gasteiger partial charge in [0.2, 0.25) is 6.79 Å². The molecule has 0 unspecified atom stereocenters. The van der Waals surface area contributed by atoms with Crippen LogP contribution in [-0.4, -0.2) is 37.3 Å². The maximum absolute atomic E-state index is 12.4. The summed E-state index contributed by atoms with van der Waals surface area (Å²) >= 11 is 0. The van der Waals surface area contributed by atoms with Crippen molar-refractivity contribution in [3.8, 4) is 28.7 Å². The average Bonchev–Trinajstić information content (AvgIpc) is 3.48. The van der Waals surface area contributed by atoms with Crippen molar-refractivity contribution in [2.45, 2.75) is 29.6 Å². The van der Waals surface area contributed by atoms with Crippen LogP contribution in [0.3, 0.4) is 0 Å². The Kier molecular flexibility index (Phi) is 4.31. The van der Waals surface area contributed by atoms with Crippen LogP contribution in [0, 0.1) is 0 Å². The Morgan fingerprint density at radius 1 is 0.909 bits per heavy atom. The third-order valence-electron chi connectivity index (χ3n) is 7.15. The SMILES string of the molecule is COc1cc(OC)c2c(c1)O[C@@]1(c3ccc4c(c3)OCO4)[C@H](c3ccccc3)C[C@@H](O)[C@@]21O. The lowest BCUT2D eigenvalue weighted by atomic mass is 9.71. The minimum atomic E-state index is -1.78. The molecule has 0 bridgehead atoms. The number of rotatable bonds is 4. The van der Waals surface area contributed by atoms with E-state index < -0.39 is 17.3 Å². The van der Waals surface area contributed by atoms with Crippen LogP contribution in [0.1, 0.15) is 29.0 Å². The van der Waals surface area contributed by atoms with E-state index in [4.69, 9.17) is 23.7 Å². The Morgan fingerprint density at radius 3 is 2.45 bits per heavy atom. The predicted molar refractivity (Wildman–Crippen MR) is 118 cm³/mol. The van der Waals surface area contributed by atoms with Crippen molar-refractivity contribution in [2.24, 2.45) is 0 Å². The molecule has 1 fully saturated rings. The van der Waals surface area contributed by atoms with Crippen molar-refractivity contribution < 1.29 is 33.9 Å². The lowest BCUT2D eigenvalue weighted by molar-refractivity contribution is -0.150. The summed E-state index contributed by atoms with van der Waals surface area (Å²) < 4.78 is 28.9. The molecule has 7 nitrogen and oxygen atoms in total. The van der Waals surface area contributed by atoms with E-state index in [1.807, 2.05) is 48.5 Å². The summed E-state index contributed by atoms with van der Waals surface area (Å²) in [4.78, 5) is 0. The second kappa shape index (κ2) is 7.04. The van der Waals surface area contributed by atoms with Crippen LogP contribution in [0.25, 0.3) is 0 Å². The van der Waals surface area contributed by atoms with Gasteiger partial charge < -0.3 is 33.9 Å². The van der Waals surface area contributed by atoms with Gasteiger partial charge in [0.25, 0.3) is 0 Å². The summed E-state index contributed by atoms with van der Waals surface area (Å²) in [5.74, 6) is 2.17. The van der Waals surface area contributed by atoms with Gasteiger partial charge in [0.15, 0.2) is 22.7 Å². The van der Waals surface area contributed by atoms with Gasteiger partial charge in [-0.2, -0.15) is 0 Å². The van der Waals surface area contributed by atoms with Crippen molar-refractivity contribution in [3.63, 3.8) is 0 Å². The van der Waals surface area contributed by atoms with Crippen LogP contribution in [0.5, 0.6) is 28.7 Å². The average molecular weight is 448 g/mol. The van der Waals surface area contributed by atoms with Crippen LogP contribution >= 0.6 is 0 Å². The Morgan fingerprint density at radius 2 is 1.70 bits per heavy atom. The highest BCUT2D eigenvalue weighted by molar-refractivity contribution is 5.63. The number of hydrogen-bond acceptors (Lipinski definition) is 7. The van der Waals surface area contributed by atoms with Gasteiger partial charge in [0.1, 0.15) is 17.2 Å². The van der Waals surface area contributed by atoms with E-state index in [0.717, 1.165) is 5.56 Å². The lowest BCUT2D eigenvalue weighted by Gasteiger charge is -2.40. The van der Waals surface area contributed by atoms with E-state index in [1.165, 1.54) is 7.11 Å². The van der Waals surface area contributed by atoms with Crippen LogP contribution < -0.4 is 23.7 Å². The quantitative estimate of drug-likeness (QED) is 0.632. The fourth-order valence-corrected chi connectivity index (χ4v) is 5.71. The van der Waals surface area contributed by atoms with E-state index in [1.54, 1.807) is 19.2 Å². The van der Waals surface area contributed by atoms with Gasteiger partial charge in [-0.05, 0) is 24.1 Å². The molecule has 2 aliphatic heterocycles. The molecule has 0 aromatic heterocycles. The lowest BCUT2D eigenvalue weighted by Crippen LogP contribution is -2.52. The number of ether oxygens (including phenoxy) is 5. The number of benzene rings is 3. The molecule has 1 aliphatic carbocycles. The molecule has 0 radical (unpaired) electrons. The van der Waals surface area contributed by atoms with Gasteiger partial charge in [-0.25, -0.2) is 0 Å². The van der Waals surface area contributed by atoms with Crippen LogP contribution in [-0.2, 0) is 11.2 Å². The van der Waals surface area contributed by atoms with E-state index >= 15 is 0 Å². The van der Waals surface area contributed by atoms with Crippen molar-refractivity contribution in [2.75, 3.05) is 21.0 Å². The fourth-order valence-electron chi connectivity index (χ4n) is 5.71. The molecule has 7 heteroatoms. The van der Waals surface area contributed by atoms with E-state index in [0.29, 0.717) is 46.3 Å². The zero-order valence-corrected chi connectivity index (χ0v) is 18.3. The van der Waals surface area contributed by atoms with Gasteiger partial charge in [-0.15, -0.1) is 0 Å². The highest BCUT2D eigenvalue weighted by Gasteiger charge is 2.73. The number of aliphatic hydroxyl groups excluding tert-OH is 1. The zero-order valence-electron chi connectivity index (χ0n) is 18.3. The van der Waals surface area contributed by atoms with Crippen molar-refractivity contribution in [3.05, 3.63) is 77.4 Å². The van der Waals surface area contributed by atoms with Crippen molar-refractivity contribution in [1.29, 1.82) is 0 Å². The minimum absolute atomic E-state index is 0.132. The minimum Gasteiger partial charge on any atom is -0.496 e. The summed E-state index contributed by atoms with van der Waals surface area (Å²) in [6.07, 6.45) is -0.819. The molecular weight excluding hydrogens is 424 g/mol. The molecule has 1 saturated carbocycles. The Hall–Kier alpha value is -3.42. The molecular formula is C26H24O7. The predicted octanol–water partition coefficient (Wildman–Crippen LogP) is 3.46. The first-order chi connectivity index (χ1) is 16.0. The van der Waals surface area contributed by atoms with Gasteiger partial charge in [0.05, 0.1) is 25.9 Å². The molecule has 170 valence electrons. The van der Waals surface area contributed by atoms with Crippen LogP contribution in [0.15, 0.2) is 60.7 Å². The topological polar surface area (TPSA) is 86.6 Å². The molecule has 2 heterocycles. The Labute approximate surface area is 191 Å². The maximum Gasteiger partial charge on any atom is 0.231 e. The second-order valence-electron chi connectivity index (χ2n) is 8.59. The number of fused-ring (bicyclic) bond motifs is 4. The van der Waals surface area contributed by atoms with Gasteiger partial charge in [0, 0.05) is 23.6 Å². The first-order valence-electron chi connectivity index (χ1n) is 10.8. The van der Waals surface area contributed by atoms with Crippen LogP contribution in [0.4, 0.5) is 0 Å².